The Morgan fingerprint density at radius 1 is 1.28 bits per heavy atom. The van der Waals surface area contributed by atoms with Crippen LogP contribution in [0.2, 0.25) is 0 Å². The van der Waals surface area contributed by atoms with E-state index in [0.29, 0.717) is 17.5 Å². The molecule has 0 amide bonds. The van der Waals surface area contributed by atoms with Crippen LogP contribution >= 0.6 is 11.3 Å². The molecule has 25 heavy (non-hydrogen) atoms. The summed E-state index contributed by atoms with van der Waals surface area (Å²) in [6.45, 7) is 1.62. The molecule has 5 nitrogen and oxygen atoms in total. The van der Waals surface area contributed by atoms with Crippen LogP contribution in [0.4, 0.5) is 13.8 Å². The van der Waals surface area contributed by atoms with Crippen molar-refractivity contribution in [2.45, 2.75) is 13.3 Å². The molecule has 132 valence electrons. The summed E-state index contributed by atoms with van der Waals surface area (Å²) in [6, 6.07) is 6.31. The summed E-state index contributed by atoms with van der Waals surface area (Å²) < 4.78 is 31.3. The number of allylic oxidation sites excluding steroid dienone is 1. The molecule has 0 unspecified atom stereocenters. The molecule has 0 fully saturated rings. The van der Waals surface area contributed by atoms with E-state index < -0.39 is 17.4 Å². The molecule has 0 aliphatic heterocycles. The number of hydrogen-bond donors (Lipinski definition) is 2. The number of rotatable bonds is 7. The third kappa shape index (κ3) is 5.68. The smallest absolute Gasteiger partial charge is 0.302 e. The van der Waals surface area contributed by atoms with Crippen LogP contribution < -0.4 is 11.1 Å². The molecule has 0 aliphatic rings. The lowest BCUT2D eigenvalue weighted by molar-refractivity contribution is -0.140. The van der Waals surface area contributed by atoms with Crippen molar-refractivity contribution in [2.24, 2.45) is 5.73 Å². The summed E-state index contributed by atoms with van der Waals surface area (Å²) in [5, 5.41) is 3.50. The molecule has 0 aliphatic carbocycles. The SMILES string of the molecule is CC(=O)OCCc1ccc(N/C(N)=C\C(=O)c2ccc(F)cc2F)s1. The average molecular weight is 366 g/mol. The molecule has 2 rings (SSSR count). The lowest BCUT2D eigenvalue weighted by Gasteiger charge is -2.04. The van der Waals surface area contributed by atoms with Crippen molar-refractivity contribution in [2.75, 3.05) is 11.9 Å². The van der Waals surface area contributed by atoms with Gasteiger partial charge in [-0.2, -0.15) is 0 Å². The third-order valence-electron chi connectivity index (χ3n) is 3.07. The van der Waals surface area contributed by atoms with Crippen LogP contribution in [0, 0.1) is 11.6 Å². The van der Waals surface area contributed by atoms with Crippen molar-refractivity contribution in [3.05, 3.63) is 64.3 Å². The van der Waals surface area contributed by atoms with Gasteiger partial charge in [-0.3, -0.25) is 9.59 Å². The van der Waals surface area contributed by atoms with E-state index in [4.69, 9.17) is 10.5 Å². The van der Waals surface area contributed by atoms with Gasteiger partial charge in [0.15, 0.2) is 5.78 Å². The van der Waals surface area contributed by atoms with Crippen LogP contribution in [0.3, 0.4) is 0 Å². The van der Waals surface area contributed by atoms with Crippen molar-refractivity contribution in [1.82, 2.24) is 0 Å². The first-order valence-electron chi connectivity index (χ1n) is 7.31. The summed E-state index contributed by atoms with van der Waals surface area (Å²) in [6.07, 6.45) is 1.60. The largest absolute Gasteiger partial charge is 0.465 e. The second-order valence-electron chi connectivity index (χ2n) is 5.07. The zero-order chi connectivity index (χ0) is 18.4. The highest BCUT2D eigenvalue weighted by Crippen LogP contribution is 2.23. The van der Waals surface area contributed by atoms with Crippen LogP contribution in [0.5, 0.6) is 0 Å². The number of ketones is 1. The van der Waals surface area contributed by atoms with Gasteiger partial charge in [-0.05, 0) is 24.3 Å². The van der Waals surface area contributed by atoms with E-state index in [9.17, 15) is 18.4 Å². The van der Waals surface area contributed by atoms with Crippen LogP contribution in [0.1, 0.15) is 22.2 Å². The number of nitrogens with one attached hydrogen (secondary N) is 1. The molecule has 2 aromatic rings. The fraction of sp³-hybridized carbons (Fsp3) is 0.176. The lowest BCUT2D eigenvalue weighted by Crippen LogP contribution is -2.11. The first-order chi connectivity index (χ1) is 11.8. The van der Waals surface area contributed by atoms with Gasteiger partial charge in [0.2, 0.25) is 0 Å². The van der Waals surface area contributed by atoms with Gasteiger partial charge in [0.05, 0.1) is 17.2 Å². The number of hydrogen-bond acceptors (Lipinski definition) is 6. The summed E-state index contributed by atoms with van der Waals surface area (Å²) in [5.74, 6) is -2.69. The van der Waals surface area contributed by atoms with Gasteiger partial charge in [0.1, 0.15) is 17.5 Å². The van der Waals surface area contributed by atoms with Gasteiger partial charge in [-0.25, -0.2) is 8.78 Å². The maximum absolute atomic E-state index is 13.6. The van der Waals surface area contributed by atoms with Gasteiger partial charge in [-0.15, -0.1) is 11.3 Å². The van der Waals surface area contributed by atoms with E-state index in [-0.39, 0.29) is 24.0 Å². The normalized spacial score (nSPS) is 11.2. The molecule has 0 spiro atoms. The maximum atomic E-state index is 13.6. The average Bonchev–Trinajstić information content (AvgIpc) is 2.93. The molecule has 1 aromatic heterocycles. The summed E-state index contributed by atoms with van der Waals surface area (Å²) >= 11 is 1.38. The third-order valence-corrected chi connectivity index (χ3v) is 4.13. The number of benzene rings is 1. The Kier molecular flexibility index (Phi) is 6.24. The van der Waals surface area contributed by atoms with E-state index >= 15 is 0 Å². The summed E-state index contributed by atoms with van der Waals surface area (Å²) in [5.41, 5.74) is 5.48. The number of anilines is 1. The number of ether oxygens (including phenoxy) is 1. The van der Waals surface area contributed by atoms with Gasteiger partial charge in [-0.1, -0.05) is 0 Å². The van der Waals surface area contributed by atoms with E-state index in [1.54, 1.807) is 6.07 Å². The van der Waals surface area contributed by atoms with Gasteiger partial charge in [0.25, 0.3) is 0 Å². The Morgan fingerprint density at radius 3 is 2.72 bits per heavy atom. The molecule has 1 aromatic carbocycles. The molecule has 0 saturated carbocycles. The number of nitrogens with two attached hydrogens (primary N) is 1. The molecule has 0 saturated heterocycles. The number of esters is 1. The number of carbonyl (C=O) groups excluding carboxylic acids is 2. The molecular formula is C17H16F2N2O3S. The Hall–Kier alpha value is -2.74. The highest BCUT2D eigenvalue weighted by Gasteiger charge is 2.11. The second kappa shape index (κ2) is 8.39. The fourth-order valence-corrected chi connectivity index (χ4v) is 2.87. The topological polar surface area (TPSA) is 81.4 Å². The van der Waals surface area contributed by atoms with Gasteiger partial charge in [0, 0.05) is 30.4 Å². The van der Waals surface area contributed by atoms with Crippen LogP contribution in [0.15, 0.2) is 42.2 Å². The quantitative estimate of drug-likeness (QED) is 0.447. The number of carbonyl (C=O) groups is 2. The summed E-state index contributed by atoms with van der Waals surface area (Å²) in [4.78, 5) is 23.7. The van der Waals surface area contributed by atoms with E-state index in [1.165, 1.54) is 18.3 Å². The minimum atomic E-state index is -0.946. The second-order valence-corrected chi connectivity index (χ2v) is 6.24. The van der Waals surface area contributed by atoms with Crippen molar-refractivity contribution >= 4 is 28.1 Å². The highest BCUT2D eigenvalue weighted by molar-refractivity contribution is 7.16. The maximum Gasteiger partial charge on any atom is 0.302 e. The predicted molar refractivity (Wildman–Crippen MR) is 91.2 cm³/mol. The summed E-state index contributed by atoms with van der Waals surface area (Å²) in [7, 11) is 0. The standard InChI is InChI=1S/C17H16F2N2O3S/c1-10(22)24-7-6-12-3-5-17(25-12)21-16(20)9-15(23)13-4-2-11(18)8-14(13)19/h2-5,8-9,21H,6-7,20H2,1H3/b16-9-. The Labute approximate surface area is 147 Å². The van der Waals surface area contributed by atoms with Gasteiger partial charge < -0.3 is 15.8 Å². The number of halogens is 2. The van der Waals surface area contributed by atoms with E-state index in [2.05, 4.69) is 5.32 Å². The van der Waals surface area contributed by atoms with Crippen LogP contribution in [0.25, 0.3) is 0 Å². The molecule has 8 heteroatoms. The first kappa shape index (κ1) is 18.6. The molecule has 0 atom stereocenters. The molecule has 0 bridgehead atoms. The van der Waals surface area contributed by atoms with E-state index in [1.807, 2.05) is 6.07 Å². The minimum Gasteiger partial charge on any atom is -0.465 e. The van der Waals surface area contributed by atoms with Crippen molar-refractivity contribution in [3.8, 4) is 0 Å². The van der Waals surface area contributed by atoms with Crippen molar-refractivity contribution in [1.29, 1.82) is 0 Å². The minimum absolute atomic E-state index is 0.0297. The van der Waals surface area contributed by atoms with Crippen LogP contribution in [-0.2, 0) is 16.0 Å². The Bertz CT molecular complexity index is 818. The van der Waals surface area contributed by atoms with Crippen molar-refractivity contribution < 1.29 is 23.1 Å². The Balaban J connectivity index is 1.97. The van der Waals surface area contributed by atoms with Crippen molar-refractivity contribution in [3.63, 3.8) is 0 Å². The monoisotopic (exact) mass is 366 g/mol. The number of thiophene rings is 1. The highest BCUT2D eigenvalue weighted by atomic mass is 32.1. The zero-order valence-electron chi connectivity index (χ0n) is 13.3. The molecule has 0 radical (unpaired) electrons. The predicted octanol–water partition coefficient (Wildman–Crippen LogP) is 3.23. The van der Waals surface area contributed by atoms with E-state index in [0.717, 1.165) is 23.1 Å². The fourth-order valence-electron chi connectivity index (χ4n) is 1.96. The molecular weight excluding hydrogens is 350 g/mol. The first-order valence-corrected chi connectivity index (χ1v) is 8.12. The molecule has 3 N–H and O–H groups in total. The van der Waals surface area contributed by atoms with Gasteiger partial charge >= 0.3 is 5.97 Å². The van der Waals surface area contributed by atoms with Crippen LogP contribution in [-0.4, -0.2) is 18.4 Å². The lowest BCUT2D eigenvalue weighted by atomic mass is 10.1. The Morgan fingerprint density at radius 2 is 2.04 bits per heavy atom. The molecule has 1 heterocycles. The zero-order valence-corrected chi connectivity index (χ0v) is 14.2.